The lowest BCUT2D eigenvalue weighted by molar-refractivity contribution is -0.113. The summed E-state index contributed by atoms with van der Waals surface area (Å²) in [5.74, 6) is -0.601. The molecule has 1 heterocycles. The van der Waals surface area contributed by atoms with E-state index in [4.69, 9.17) is 0 Å². The number of aromatic nitrogens is 3. The Labute approximate surface area is 200 Å². The normalized spacial score (nSPS) is 10.6. The van der Waals surface area contributed by atoms with Crippen molar-refractivity contribution >= 4 is 35.0 Å². The number of hydrogen-bond acceptors (Lipinski definition) is 5. The molecule has 0 spiro atoms. The first kappa shape index (κ1) is 23.1. The van der Waals surface area contributed by atoms with Crippen LogP contribution in [0.2, 0.25) is 0 Å². The minimum atomic E-state index is -0.322. The molecule has 0 saturated carbocycles. The summed E-state index contributed by atoms with van der Waals surface area (Å²) in [7, 11) is 0. The van der Waals surface area contributed by atoms with Crippen molar-refractivity contribution in [1.29, 1.82) is 0 Å². The summed E-state index contributed by atoms with van der Waals surface area (Å²) >= 11 is 1.16. The lowest BCUT2D eigenvalue weighted by atomic mass is 10.1. The van der Waals surface area contributed by atoms with Gasteiger partial charge >= 0.3 is 5.69 Å². The smallest absolute Gasteiger partial charge is 0.325 e. The highest BCUT2D eigenvalue weighted by Gasteiger charge is 2.15. The van der Waals surface area contributed by atoms with Crippen LogP contribution in [-0.4, -0.2) is 32.3 Å². The van der Waals surface area contributed by atoms with Gasteiger partial charge in [-0.05, 0) is 36.2 Å². The van der Waals surface area contributed by atoms with E-state index in [1.165, 1.54) is 4.57 Å². The van der Waals surface area contributed by atoms with Gasteiger partial charge in [0.15, 0.2) is 5.16 Å². The van der Waals surface area contributed by atoms with Crippen LogP contribution in [-0.2, 0) is 17.8 Å². The Balaban J connectivity index is 1.37. The van der Waals surface area contributed by atoms with Crippen molar-refractivity contribution in [2.45, 2.75) is 18.1 Å². The van der Waals surface area contributed by atoms with Crippen molar-refractivity contribution in [1.82, 2.24) is 14.8 Å². The number of H-pyrrole nitrogens is 1. The second-order valence-electron chi connectivity index (χ2n) is 7.40. The zero-order valence-corrected chi connectivity index (χ0v) is 19.0. The summed E-state index contributed by atoms with van der Waals surface area (Å²) in [4.78, 5) is 37.5. The largest absolute Gasteiger partial charge is 0.343 e. The standard InChI is InChI=1S/C25H23N5O3S/c31-22(17-34-25-29-28-24(33)30(25)16-15-18-9-3-1-4-10-18)27-21-14-8-7-13-20(21)23(32)26-19-11-5-2-6-12-19/h1-14H,15-17H2,(H,26,32)(H,27,31)(H,28,33). The maximum Gasteiger partial charge on any atom is 0.343 e. The highest BCUT2D eigenvalue weighted by atomic mass is 32.2. The molecule has 0 aliphatic carbocycles. The van der Waals surface area contributed by atoms with E-state index < -0.39 is 0 Å². The number of carbonyl (C=O) groups is 2. The van der Waals surface area contributed by atoms with Crippen LogP contribution in [0.15, 0.2) is 94.9 Å². The first-order valence-electron chi connectivity index (χ1n) is 10.7. The van der Waals surface area contributed by atoms with Crippen LogP contribution in [0.1, 0.15) is 15.9 Å². The fraction of sp³-hybridized carbons (Fsp3) is 0.120. The zero-order chi connectivity index (χ0) is 23.8. The van der Waals surface area contributed by atoms with E-state index in [0.29, 0.717) is 35.1 Å². The molecule has 34 heavy (non-hydrogen) atoms. The molecule has 9 heteroatoms. The van der Waals surface area contributed by atoms with Gasteiger partial charge in [0.25, 0.3) is 5.91 Å². The van der Waals surface area contributed by atoms with E-state index >= 15 is 0 Å². The van der Waals surface area contributed by atoms with Gasteiger partial charge in [0, 0.05) is 12.2 Å². The van der Waals surface area contributed by atoms with Gasteiger partial charge in [-0.25, -0.2) is 9.89 Å². The highest BCUT2D eigenvalue weighted by molar-refractivity contribution is 7.99. The molecule has 0 aliphatic heterocycles. The van der Waals surface area contributed by atoms with Crippen LogP contribution in [0.5, 0.6) is 0 Å². The molecule has 3 aromatic carbocycles. The van der Waals surface area contributed by atoms with Crippen LogP contribution in [0.4, 0.5) is 11.4 Å². The third kappa shape index (κ3) is 6.02. The molecular formula is C25H23N5O3S. The Hall–Kier alpha value is -4.11. The number of benzene rings is 3. The quantitative estimate of drug-likeness (QED) is 0.321. The van der Waals surface area contributed by atoms with Crippen LogP contribution < -0.4 is 16.3 Å². The summed E-state index contributed by atoms with van der Waals surface area (Å²) in [6.07, 6.45) is 0.671. The van der Waals surface area contributed by atoms with Crippen molar-refractivity contribution in [2.24, 2.45) is 0 Å². The second kappa shape index (κ2) is 11.2. The third-order valence-corrected chi connectivity index (χ3v) is 5.98. The molecule has 1 aromatic heterocycles. The summed E-state index contributed by atoms with van der Waals surface area (Å²) in [6.45, 7) is 0.450. The number of aryl methyl sites for hydroxylation is 1. The number of nitrogens with zero attached hydrogens (tertiary/aromatic N) is 2. The van der Waals surface area contributed by atoms with E-state index in [9.17, 15) is 14.4 Å². The predicted octanol–water partition coefficient (Wildman–Crippen LogP) is 3.80. The van der Waals surface area contributed by atoms with Gasteiger partial charge < -0.3 is 10.6 Å². The molecule has 0 fully saturated rings. The van der Waals surface area contributed by atoms with E-state index in [0.717, 1.165) is 17.3 Å². The molecule has 0 saturated heterocycles. The van der Waals surface area contributed by atoms with Crippen molar-refractivity contribution in [3.05, 3.63) is 107 Å². The lowest BCUT2D eigenvalue weighted by Gasteiger charge is -2.11. The molecule has 4 rings (SSSR count). The fourth-order valence-electron chi connectivity index (χ4n) is 3.32. The molecule has 3 N–H and O–H groups in total. The van der Waals surface area contributed by atoms with Crippen LogP contribution in [0.25, 0.3) is 0 Å². The van der Waals surface area contributed by atoms with Crippen LogP contribution in [0, 0.1) is 0 Å². The van der Waals surface area contributed by atoms with Gasteiger partial charge in [-0.1, -0.05) is 72.4 Å². The molecule has 2 amide bonds. The van der Waals surface area contributed by atoms with Crippen molar-refractivity contribution < 1.29 is 9.59 Å². The second-order valence-corrected chi connectivity index (χ2v) is 8.34. The summed E-state index contributed by atoms with van der Waals surface area (Å²) in [6, 6.07) is 25.7. The number of nitrogens with one attached hydrogen (secondary N) is 3. The summed E-state index contributed by atoms with van der Waals surface area (Å²) in [5, 5.41) is 12.5. The minimum Gasteiger partial charge on any atom is -0.325 e. The molecular weight excluding hydrogens is 450 g/mol. The van der Waals surface area contributed by atoms with Gasteiger partial charge in [-0.15, -0.1) is 5.10 Å². The molecule has 4 aromatic rings. The Morgan fingerprint density at radius 3 is 2.32 bits per heavy atom. The van der Waals surface area contributed by atoms with E-state index in [1.807, 2.05) is 48.5 Å². The minimum absolute atomic E-state index is 0.0320. The number of carbonyl (C=O) groups excluding carboxylic acids is 2. The van der Waals surface area contributed by atoms with Crippen molar-refractivity contribution in [2.75, 3.05) is 16.4 Å². The molecule has 172 valence electrons. The predicted molar refractivity (Wildman–Crippen MR) is 133 cm³/mol. The van der Waals surface area contributed by atoms with Crippen LogP contribution >= 0.6 is 11.8 Å². The molecule has 8 nitrogen and oxygen atoms in total. The SMILES string of the molecule is O=C(CSc1n[nH]c(=O)n1CCc1ccccc1)Nc1ccccc1C(=O)Nc1ccccc1. The first-order chi connectivity index (χ1) is 16.6. The van der Waals surface area contributed by atoms with E-state index in [2.05, 4.69) is 20.8 Å². The number of rotatable bonds is 9. The maximum absolute atomic E-state index is 12.7. The van der Waals surface area contributed by atoms with E-state index in [1.54, 1.807) is 36.4 Å². The number of thioether (sulfide) groups is 1. The van der Waals surface area contributed by atoms with Gasteiger partial charge in [-0.3, -0.25) is 14.2 Å². The van der Waals surface area contributed by atoms with Gasteiger partial charge in [0.1, 0.15) is 0 Å². The van der Waals surface area contributed by atoms with Gasteiger partial charge in [0.05, 0.1) is 17.0 Å². The van der Waals surface area contributed by atoms with Gasteiger partial charge in [0.2, 0.25) is 5.91 Å². The Kier molecular flexibility index (Phi) is 7.56. The average Bonchev–Trinajstić information content (AvgIpc) is 3.22. The zero-order valence-electron chi connectivity index (χ0n) is 18.2. The number of aromatic amines is 1. The molecule has 0 atom stereocenters. The number of hydrogen-bond donors (Lipinski definition) is 3. The van der Waals surface area contributed by atoms with Gasteiger partial charge in [-0.2, -0.15) is 0 Å². The summed E-state index contributed by atoms with van der Waals surface area (Å²) in [5.41, 5.74) is 2.21. The Morgan fingerprint density at radius 1 is 0.882 bits per heavy atom. The van der Waals surface area contributed by atoms with Crippen molar-refractivity contribution in [3.63, 3.8) is 0 Å². The van der Waals surface area contributed by atoms with Crippen molar-refractivity contribution in [3.8, 4) is 0 Å². The van der Waals surface area contributed by atoms with Crippen LogP contribution in [0.3, 0.4) is 0 Å². The topological polar surface area (TPSA) is 109 Å². The molecule has 0 bridgehead atoms. The Bertz CT molecular complexity index is 1320. The average molecular weight is 474 g/mol. The third-order valence-electron chi connectivity index (χ3n) is 5.00. The fourth-order valence-corrected chi connectivity index (χ4v) is 4.10. The summed E-state index contributed by atoms with van der Waals surface area (Å²) < 4.78 is 1.52. The lowest BCUT2D eigenvalue weighted by Crippen LogP contribution is -2.21. The first-order valence-corrected chi connectivity index (χ1v) is 11.7. The highest BCUT2D eigenvalue weighted by Crippen LogP contribution is 2.19. The molecule has 0 radical (unpaired) electrons. The number of amides is 2. The maximum atomic E-state index is 12.7. The number of anilines is 2. The monoisotopic (exact) mass is 473 g/mol. The van der Waals surface area contributed by atoms with E-state index in [-0.39, 0.29) is 23.3 Å². The number of para-hydroxylation sites is 2. The molecule has 0 unspecified atom stereocenters. The Morgan fingerprint density at radius 2 is 1.56 bits per heavy atom. The molecule has 0 aliphatic rings.